The van der Waals surface area contributed by atoms with Gasteiger partial charge in [0.25, 0.3) is 0 Å². The zero-order chi connectivity index (χ0) is 55.8. The van der Waals surface area contributed by atoms with Crippen molar-refractivity contribution in [2.45, 2.75) is 107 Å². The third kappa shape index (κ3) is 11.7. The van der Waals surface area contributed by atoms with E-state index in [1.54, 1.807) is 31.2 Å². The average molecular weight is 1120 g/mol. The van der Waals surface area contributed by atoms with Crippen molar-refractivity contribution in [3.05, 3.63) is 81.4 Å². The summed E-state index contributed by atoms with van der Waals surface area (Å²) in [5.41, 5.74) is -2.61. The van der Waals surface area contributed by atoms with E-state index in [4.69, 9.17) is 42.6 Å². The number of carbonyl (C=O) groups is 5. The van der Waals surface area contributed by atoms with Gasteiger partial charge < -0.3 is 63.1 Å². The molecular weight excluding hydrogens is 1060 g/mol. The highest BCUT2D eigenvalue weighted by molar-refractivity contribution is 7.88. The van der Waals surface area contributed by atoms with Gasteiger partial charge in [-0.05, 0) is 61.3 Å². The minimum atomic E-state index is -4.18. The van der Waals surface area contributed by atoms with Crippen LogP contribution in [-0.2, 0) is 65.9 Å². The van der Waals surface area contributed by atoms with E-state index in [-0.39, 0.29) is 92.6 Å². The van der Waals surface area contributed by atoms with Crippen molar-refractivity contribution in [2.24, 2.45) is 17.8 Å². The highest BCUT2D eigenvalue weighted by Crippen LogP contribution is 2.54. The van der Waals surface area contributed by atoms with Gasteiger partial charge in [-0.25, -0.2) is 14.3 Å². The number of fused-ring (bicyclic) bond motifs is 7. The number of aliphatic hydroxyl groups excluding tert-OH is 1. The summed E-state index contributed by atoms with van der Waals surface area (Å²) in [6, 6.07) is 10.9. The molecule has 7 aliphatic rings. The number of nitrogens with one attached hydrogen (secondary N) is 3. The third-order valence-electron chi connectivity index (χ3n) is 15.7. The molecule has 3 saturated heterocycles. The van der Waals surface area contributed by atoms with Gasteiger partial charge in [-0.15, -0.1) is 11.8 Å². The molecule has 3 heterocycles. The van der Waals surface area contributed by atoms with Crippen LogP contribution >= 0.6 is 0 Å². The van der Waals surface area contributed by atoms with E-state index in [0.717, 1.165) is 31.2 Å². The number of ether oxygens (including phenoxy) is 9. The number of phenols is 2. The predicted octanol–water partition coefficient (Wildman–Crippen LogP) is 2.85. The Labute approximate surface area is 454 Å². The summed E-state index contributed by atoms with van der Waals surface area (Å²) in [5, 5.41) is 48.0. The minimum Gasteiger partial charge on any atom is -0.507 e. The Hall–Kier alpha value is -6.28. The smallest absolute Gasteiger partial charge is 0.421 e. The monoisotopic (exact) mass is 1120 g/mol. The van der Waals surface area contributed by atoms with Gasteiger partial charge in [-0.2, -0.15) is 13.1 Å². The molecule has 4 fully saturated rings. The van der Waals surface area contributed by atoms with Crippen molar-refractivity contribution < 1.29 is 95.4 Å². The van der Waals surface area contributed by atoms with Crippen LogP contribution in [0.5, 0.6) is 17.2 Å². The quantitative estimate of drug-likeness (QED) is 0.0403. The Morgan fingerprint density at radius 2 is 1.66 bits per heavy atom. The zero-order valence-corrected chi connectivity index (χ0v) is 44.1. The van der Waals surface area contributed by atoms with Crippen molar-refractivity contribution in [3.63, 3.8) is 0 Å². The van der Waals surface area contributed by atoms with Crippen LogP contribution in [0, 0.1) is 29.6 Å². The lowest BCUT2D eigenvalue weighted by atomic mass is 9.72. The number of amides is 2. The molecule has 10 rings (SSSR count). The molecule has 1 unspecified atom stereocenters. The molecule has 3 aromatic rings. The maximum Gasteiger partial charge on any atom is 0.421 e. The van der Waals surface area contributed by atoms with E-state index >= 15 is 0 Å². The number of hydrogen-bond acceptors (Lipinski definition) is 21. The first-order chi connectivity index (χ1) is 38.0. The summed E-state index contributed by atoms with van der Waals surface area (Å²) in [6.45, 7) is 1.34. The van der Waals surface area contributed by atoms with Gasteiger partial charge in [0.1, 0.15) is 42.2 Å². The highest BCUT2D eigenvalue weighted by Gasteiger charge is 2.56. The molecule has 79 heavy (non-hydrogen) atoms. The Bertz CT molecular complexity index is 3020. The Balaban J connectivity index is 0.683. The number of carbonyl (C=O) groups excluding carboxylic acids is 5. The van der Waals surface area contributed by atoms with Gasteiger partial charge >= 0.3 is 22.4 Å². The van der Waals surface area contributed by atoms with E-state index in [0.29, 0.717) is 24.1 Å². The summed E-state index contributed by atoms with van der Waals surface area (Å²) in [7, 11) is -2.86. The number of hydrogen-bond donors (Lipinski definition) is 7. The summed E-state index contributed by atoms with van der Waals surface area (Å²) in [4.78, 5) is 67.9. The number of Topliss-reactive ketones (excluding diaryl/α,β-unsaturated/α-hetero) is 1. The molecule has 0 spiro atoms. The zero-order valence-electron chi connectivity index (χ0n) is 43.3. The number of ketones is 3. The van der Waals surface area contributed by atoms with E-state index in [9.17, 15) is 52.8 Å². The number of morpholine rings is 1. The number of phenolic OH excluding ortho intramolecular Hbond substituents is 2. The van der Waals surface area contributed by atoms with Crippen molar-refractivity contribution in [1.29, 1.82) is 0 Å². The largest absolute Gasteiger partial charge is 0.507 e. The lowest BCUT2D eigenvalue weighted by molar-refractivity contribution is -0.264. The molecule has 0 aromatic heterocycles. The Kier molecular flexibility index (Phi) is 16.6. The fraction of sp³-hybridized carbons (Fsp3) is 0.537. The topological polar surface area (TPSA) is 323 Å². The average Bonchev–Trinajstić information content (AvgIpc) is 4.10. The standard InChI is InChI=1S/C54H62N4O20S/c1-28-49-36(22-40(76-28)77-38-24-54(67,39(60)25-59)23-34-42(38)48(64)44-43(46(34)62)45(61)33-10-7-11-37(70-2)41(33)47(44)63)58-17-19-72-51(50(58)78-49)74-26-29-12-14-30(15-13-29)56-52(65)73-21-20-71-18-16-55-79(68,69)57-53(66)75-27-35-31-8-5-3-4-6-9-32(31)35/h7,10-15,28,31-32,35-36,38,40,49-51,55,59,62,64,67H,5-6,8-9,16-27H2,1-2H3,(H,56,65)(H,57,66)/t28-,31-,32+,35?,36-,38-,40-,49+,50+,51+,54-/m0/s1. The molecule has 24 nitrogen and oxygen atoms in total. The summed E-state index contributed by atoms with van der Waals surface area (Å²) in [5.74, 6) is 3.48. The van der Waals surface area contributed by atoms with Gasteiger partial charge in [0, 0.05) is 73.6 Å². The van der Waals surface area contributed by atoms with Crippen LogP contribution in [0.25, 0.3) is 0 Å². The van der Waals surface area contributed by atoms with Crippen molar-refractivity contribution in [1.82, 2.24) is 14.3 Å². The van der Waals surface area contributed by atoms with Gasteiger partial charge in [0.15, 0.2) is 30.4 Å². The normalized spacial score (nSPS) is 28.6. The SMILES string of the molecule is COc1cccc2c1C(=O)c1c(O)c3c(c(O)c1C2=O)C[C@@](O)(C(=O)CO)C[C@@H]3O[C@H]1C[C@H]2[C@H](O[C@@H]3[C@@H](OCc4ccc(NC(=O)OCCOCCNS(=O)(=O)NC(=O)OCC5[C@H]6CCC#CCC[C@@H]56)cc4)OCCN32)[C@H](C)O1. The number of methoxy groups -OCH3 is 1. The molecule has 2 amide bonds. The molecule has 11 atom stereocenters. The Morgan fingerprint density at radius 3 is 2.39 bits per heavy atom. The molecule has 424 valence electrons. The number of aromatic hydroxyl groups is 2. The maximum absolute atomic E-state index is 14.1. The third-order valence-corrected chi connectivity index (χ3v) is 16.7. The minimum absolute atomic E-state index is 0.0279. The lowest BCUT2D eigenvalue weighted by Gasteiger charge is -2.43. The fourth-order valence-electron chi connectivity index (χ4n) is 11.8. The fourth-order valence-corrected chi connectivity index (χ4v) is 12.5. The van der Waals surface area contributed by atoms with Crippen LogP contribution in [0.3, 0.4) is 0 Å². The van der Waals surface area contributed by atoms with Crippen LogP contribution in [0.1, 0.15) is 100 Å². The molecule has 3 aliphatic heterocycles. The van der Waals surface area contributed by atoms with Gasteiger partial charge in [0.05, 0.1) is 69.0 Å². The maximum atomic E-state index is 14.1. The second-order valence-electron chi connectivity index (χ2n) is 20.4. The number of anilines is 1. The first kappa shape index (κ1) is 56.0. The van der Waals surface area contributed by atoms with Crippen molar-refractivity contribution >= 4 is 45.4 Å². The molecule has 25 heteroatoms. The van der Waals surface area contributed by atoms with E-state index in [1.807, 2.05) is 4.72 Å². The van der Waals surface area contributed by atoms with Gasteiger partial charge in [-0.3, -0.25) is 24.6 Å². The van der Waals surface area contributed by atoms with E-state index in [2.05, 4.69) is 26.8 Å². The summed E-state index contributed by atoms with van der Waals surface area (Å²) in [6.07, 6.45) is -4.25. The number of rotatable bonds is 19. The van der Waals surface area contributed by atoms with Crippen LogP contribution in [0.15, 0.2) is 42.5 Å². The lowest BCUT2D eigenvalue weighted by Crippen LogP contribution is -2.55. The molecule has 4 aliphatic carbocycles. The number of aliphatic hydroxyl groups is 2. The van der Waals surface area contributed by atoms with Crippen LogP contribution in [-0.4, -0.2) is 166 Å². The Morgan fingerprint density at radius 1 is 0.911 bits per heavy atom. The molecular formula is C54H62N4O20S. The van der Waals surface area contributed by atoms with Gasteiger partial charge in [-0.1, -0.05) is 24.3 Å². The van der Waals surface area contributed by atoms with Gasteiger partial charge in [0.2, 0.25) is 5.78 Å². The summed E-state index contributed by atoms with van der Waals surface area (Å²) >= 11 is 0. The first-order valence-electron chi connectivity index (χ1n) is 26.2. The van der Waals surface area contributed by atoms with Crippen LogP contribution < -0.4 is 19.5 Å². The molecule has 0 bridgehead atoms. The van der Waals surface area contributed by atoms with E-state index < -0.39 is 125 Å². The number of nitrogens with zero attached hydrogens (tertiary/aromatic N) is 1. The first-order valence-corrected chi connectivity index (χ1v) is 27.7. The molecule has 1 saturated carbocycles. The molecule has 7 N–H and O–H groups in total. The second-order valence-corrected chi connectivity index (χ2v) is 21.9. The van der Waals surface area contributed by atoms with Crippen LogP contribution in [0.2, 0.25) is 0 Å². The molecule has 3 aromatic carbocycles. The highest BCUT2D eigenvalue weighted by atomic mass is 32.2. The van der Waals surface area contributed by atoms with Crippen molar-refractivity contribution in [3.8, 4) is 29.1 Å². The van der Waals surface area contributed by atoms with Crippen molar-refractivity contribution in [2.75, 3.05) is 65.2 Å². The number of benzene rings is 3. The second kappa shape index (κ2) is 23.4. The van der Waals surface area contributed by atoms with Crippen LogP contribution in [0.4, 0.5) is 15.3 Å². The molecule has 0 radical (unpaired) electrons. The van der Waals surface area contributed by atoms with E-state index in [1.165, 1.54) is 25.3 Å². The predicted molar refractivity (Wildman–Crippen MR) is 272 cm³/mol. The summed E-state index contributed by atoms with van der Waals surface area (Å²) < 4.78 is 81.3.